The van der Waals surface area contributed by atoms with E-state index in [4.69, 9.17) is 0 Å². The van der Waals surface area contributed by atoms with Gasteiger partial charge in [-0.3, -0.25) is 9.59 Å². The normalized spacial score (nSPS) is 41.4. The second-order valence-corrected chi connectivity index (χ2v) is 18.0. The summed E-state index contributed by atoms with van der Waals surface area (Å²) in [5, 5.41) is 9.95. The van der Waals surface area contributed by atoms with Crippen molar-refractivity contribution in [1.29, 1.82) is 5.26 Å². The van der Waals surface area contributed by atoms with E-state index in [9.17, 15) is 23.3 Å². The molecule has 3 fully saturated rings. The number of nitrogens with one attached hydrogen (secondary N) is 1. The highest BCUT2D eigenvalue weighted by Gasteiger charge is 2.70. The molecular weight excluding hydrogens is 556 g/mol. The second kappa shape index (κ2) is 9.23. The number of carbonyl (C=O) groups excluding carboxylic acids is 2. The zero-order valence-corrected chi connectivity index (χ0v) is 27.5. The first-order chi connectivity index (χ1) is 19.9. The van der Waals surface area contributed by atoms with E-state index in [0.717, 1.165) is 37.7 Å². The van der Waals surface area contributed by atoms with Crippen LogP contribution < -0.4 is 4.72 Å². The summed E-state index contributed by atoms with van der Waals surface area (Å²) in [5.74, 6) is -0.512. The van der Waals surface area contributed by atoms with Gasteiger partial charge in [-0.05, 0) is 91.2 Å². The Morgan fingerprint density at radius 1 is 0.907 bits per heavy atom. The number of rotatable bonds is 3. The summed E-state index contributed by atoms with van der Waals surface area (Å²) in [6.45, 7) is 15.1. The van der Waals surface area contributed by atoms with Crippen molar-refractivity contribution in [2.45, 2.75) is 104 Å². The third-order valence-electron chi connectivity index (χ3n) is 13.3. The topological polar surface area (TPSA) is 104 Å². The average Bonchev–Trinajstić information content (AvgIpc) is 2.93. The van der Waals surface area contributed by atoms with Crippen LogP contribution in [0.1, 0.15) is 93.4 Å². The molecule has 5 aliphatic carbocycles. The van der Waals surface area contributed by atoms with Gasteiger partial charge >= 0.3 is 0 Å². The Morgan fingerprint density at radius 2 is 1.56 bits per heavy atom. The molecule has 0 bridgehead atoms. The minimum absolute atomic E-state index is 0.00847. The maximum atomic E-state index is 14.7. The third kappa shape index (κ3) is 4.08. The molecule has 1 N–H and O–H groups in total. The molecule has 230 valence electrons. The Kier molecular flexibility index (Phi) is 6.54. The molecule has 43 heavy (non-hydrogen) atoms. The van der Waals surface area contributed by atoms with Gasteiger partial charge in [0.25, 0.3) is 0 Å². The van der Waals surface area contributed by atoms with Crippen LogP contribution in [0.15, 0.2) is 58.5 Å². The van der Waals surface area contributed by atoms with E-state index in [0.29, 0.717) is 12.8 Å². The maximum Gasteiger partial charge on any atom is 0.241 e. The smallest absolute Gasteiger partial charge is 0.241 e. The summed E-state index contributed by atoms with van der Waals surface area (Å²) in [6.07, 6.45) is 9.19. The van der Waals surface area contributed by atoms with Crippen LogP contribution in [-0.4, -0.2) is 25.5 Å². The van der Waals surface area contributed by atoms with Gasteiger partial charge in [0.1, 0.15) is 6.07 Å². The van der Waals surface area contributed by atoms with Crippen molar-refractivity contribution in [2.24, 2.45) is 44.8 Å². The molecule has 5 aliphatic rings. The van der Waals surface area contributed by atoms with Crippen molar-refractivity contribution in [3.05, 3.63) is 53.6 Å². The lowest BCUT2D eigenvalue weighted by Crippen LogP contribution is -2.69. The molecule has 0 aromatic heterocycles. The van der Waals surface area contributed by atoms with Crippen LogP contribution in [0.25, 0.3) is 0 Å². The van der Waals surface area contributed by atoms with E-state index in [1.807, 2.05) is 32.1 Å². The molecule has 3 saturated carbocycles. The van der Waals surface area contributed by atoms with E-state index in [1.165, 1.54) is 0 Å². The molecule has 2 unspecified atom stereocenters. The predicted octanol–water partition coefficient (Wildman–Crippen LogP) is 6.94. The van der Waals surface area contributed by atoms with Gasteiger partial charge in [-0.25, -0.2) is 13.1 Å². The fourth-order valence-corrected chi connectivity index (χ4v) is 12.3. The van der Waals surface area contributed by atoms with Gasteiger partial charge in [0.2, 0.25) is 10.0 Å². The first kappa shape index (κ1) is 30.5. The summed E-state index contributed by atoms with van der Waals surface area (Å²) in [7, 11) is -3.79. The van der Waals surface area contributed by atoms with Gasteiger partial charge in [0, 0.05) is 22.3 Å². The van der Waals surface area contributed by atoms with Gasteiger partial charge in [-0.1, -0.05) is 78.3 Å². The summed E-state index contributed by atoms with van der Waals surface area (Å²) in [5.41, 5.74) is -1.49. The molecule has 0 saturated heterocycles. The lowest BCUT2D eigenvalue weighted by atomic mass is 9.35. The largest absolute Gasteiger partial charge is 0.295 e. The lowest BCUT2D eigenvalue weighted by molar-refractivity contribution is -0.159. The van der Waals surface area contributed by atoms with E-state index in [2.05, 4.69) is 45.4 Å². The Labute approximate surface area is 257 Å². The number of carbonyl (C=O) groups is 2. The molecule has 0 aliphatic heterocycles. The number of sulfonamides is 1. The number of hydrogen-bond donors (Lipinski definition) is 1. The fourth-order valence-electron chi connectivity index (χ4n) is 10.7. The first-order valence-corrected chi connectivity index (χ1v) is 17.4. The number of benzene rings is 1. The van der Waals surface area contributed by atoms with Gasteiger partial charge in [0.05, 0.1) is 10.5 Å². The first-order valence-electron chi connectivity index (χ1n) is 15.9. The summed E-state index contributed by atoms with van der Waals surface area (Å²) >= 11 is 0. The highest BCUT2D eigenvalue weighted by atomic mass is 32.2. The van der Waals surface area contributed by atoms with Crippen LogP contribution in [0.5, 0.6) is 0 Å². The third-order valence-corrected chi connectivity index (χ3v) is 14.8. The SMILES string of the molecule is CC1(C)CC[C@]2(NS(=O)(=O)c3ccccc3)CC[C@]3(C)C(C(=O)C=C4[C@@]5(C)C=C(C#N)C(=O)C(C)(C)[C@@H]5CC[C@]43C)C2C1. The summed E-state index contributed by atoms with van der Waals surface area (Å²) in [4.78, 5) is 28.2. The average molecular weight is 603 g/mol. The second-order valence-electron chi connectivity index (χ2n) is 16.3. The molecule has 7 atom stereocenters. The number of allylic oxidation sites excluding steroid dienone is 4. The number of Topliss-reactive ketones (excluding diaryl/α,β-unsaturated/α-hetero) is 1. The van der Waals surface area contributed by atoms with E-state index >= 15 is 0 Å². The molecule has 0 spiro atoms. The van der Waals surface area contributed by atoms with E-state index in [-0.39, 0.29) is 50.6 Å². The zero-order chi connectivity index (χ0) is 31.4. The lowest BCUT2D eigenvalue weighted by Gasteiger charge is -2.69. The molecule has 7 heteroatoms. The molecule has 6 rings (SSSR count). The van der Waals surface area contributed by atoms with Gasteiger partial charge in [-0.2, -0.15) is 5.26 Å². The Bertz CT molecular complexity index is 1620. The van der Waals surface area contributed by atoms with Crippen LogP contribution in [0.4, 0.5) is 0 Å². The minimum atomic E-state index is -3.79. The maximum absolute atomic E-state index is 14.7. The van der Waals surface area contributed by atoms with Crippen LogP contribution >= 0.6 is 0 Å². The van der Waals surface area contributed by atoms with Crippen molar-refractivity contribution in [3.8, 4) is 6.07 Å². The van der Waals surface area contributed by atoms with Crippen LogP contribution in [-0.2, 0) is 19.6 Å². The summed E-state index contributed by atoms with van der Waals surface area (Å²) in [6, 6.07) is 10.7. The Balaban J connectivity index is 1.49. The quantitative estimate of drug-likeness (QED) is 0.404. The van der Waals surface area contributed by atoms with Crippen molar-refractivity contribution >= 4 is 21.6 Å². The molecule has 0 radical (unpaired) electrons. The molecule has 6 nitrogen and oxygen atoms in total. The molecule has 1 aromatic rings. The summed E-state index contributed by atoms with van der Waals surface area (Å²) < 4.78 is 30.8. The molecule has 1 aromatic carbocycles. The number of nitrogens with zero attached hydrogens (tertiary/aromatic N) is 1. The predicted molar refractivity (Wildman–Crippen MR) is 166 cm³/mol. The number of fused-ring (bicyclic) bond motifs is 7. The van der Waals surface area contributed by atoms with Crippen molar-refractivity contribution in [2.75, 3.05) is 0 Å². The minimum Gasteiger partial charge on any atom is -0.295 e. The molecule has 0 heterocycles. The van der Waals surface area contributed by atoms with Crippen molar-refractivity contribution in [1.82, 2.24) is 4.72 Å². The number of ketones is 2. The van der Waals surface area contributed by atoms with Crippen LogP contribution in [0.2, 0.25) is 0 Å². The monoisotopic (exact) mass is 602 g/mol. The van der Waals surface area contributed by atoms with Crippen molar-refractivity contribution < 1.29 is 18.0 Å². The highest BCUT2D eigenvalue weighted by molar-refractivity contribution is 7.89. The Morgan fingerprint density at radius 3 is 2.21 bits per heavy atom. The van der Waals surface area contributed by atoms with Gasteiger partial charge < -0.3 is 0 Å². The van der Waals surface area contributed by atoms with Crippen molar-refractivity contribution in [3.63, 3.8) is 0 Å². The van der Waals surface area contributed by atoms with E-state index in [1.54, 1.807) is 24.3 Å². The van der Waals surface area contributed by atoms with Crippen LogP contribution in [0.3, 0.4) is 0 Å². The number of hydrogen-bond acceptors (Lipinski definition) is 5. The van der Waals surface area contributed by atoms with E-state index < -0.39 is 31.8 Å². The molecular formula is C36H46N2O4S. The van der Waals surface area contributed by atoms with Crippen LogP contribution in [0, 0.1) is 56.2 Å². The standard InChI is InChI=1S/C36H46N2O4S/c1-31(2)15-17-36(38-43(41,42)24-11-9-8-10-12-24)18-16-35(7)29(25(36)21-31)26(39)19-28-33(5)20-23(22-37)30(40)32(3,4)27(33)13-14-34(28,35)6/h8-12,19-20,25,27,29,38H,13-18,21H2,1-7H3/t25?,27-,29?,33-,34+,35+,36-/m0/s1. The fraction of sp³-hybridized carbons (Fsp3) is 0.639. The zero-order valence-electron chi connectivity index (χ0n) is 26.7. The highest BCUT2D eigenvalue weighted by Crippen LogP contribution is 2.73. The van der Waals surface area contributed by atoms with Gasteiger partial charge in [0.15, 0.2) is 11.6 Å². The Hall–Kier alpha value is -2.56. The number of nitriles is 1. The van der Waals surface area contributed by atoms with Gasteiger partial charge in [-0.15, -0.1) is 0 Å². The molecule has 0 amide bonds.